The van der Waals surface area contributed by atoms with E-state index in [9.17, 15) is 4.79 Å². The van der Waals surface area contributed by atoms with Crippen LogP contribution >= 0.6 is 11.3 Å². The van der Waals surface area contributed by atoms with E-state index in [0.717, 1.165) is 16.3 Å². The molecule has 146 valence electrons. The Kier molecular flexibility index (Phi) is 5.57. The van der Waals surface area contributed by atoms with Gasteiger partial charge in [0.2, 0.25) is 0 Å². The molecule has 8 nitrogen and oxygen atoms in total. The van der Waals surface area contributed by atoms with E-state index in [2.05, 4.69) is 30.9 Å². The highest BCUT2D eigenvalue weighted by molar-refractivity contribution is 7.17. The Labute approximate surface area is 171 Å². The lowest BCUT2D eigenvalue weighted by atomic mass is 10.2. The molecule has 0 bridgehead atoms. The minimum Gasteiger partial charge on any atom is -0.367 e. The molecule has 1 aromatic carbocycles. The largest absolute Gasteiger partial charge is 0.367 e. The van der Waals surface area contributed by atoms with Crippen molar-refractivity contribution in [1.82, 2.24) is 30.3 Å². The Morgan fingerprint density at radius 1 is 1.07 bits per heavy atom. The summed E-state index contributed by atoms with van der Waals surface area (Å²) in [5, 5.41) is 19.2. The van der Waals surface area contributed by atoms with Crippen molar-refractivity contribution in [2.45, 2.75) is 6.92 Å². The number of amides is 1. The molecule has 4 rings (SSSR count). The van der Waals surface area contributed by atoms with Gasteiger partial charge >= 0.3 is 0 Å². The van der Waals surface area contributed by atoms with Crippen molar-refractivity contribution in [2.24, 2.45) is 0 Å². The predicted octanol–water partition coefficient (Wildman–Crippen LogP) is 2.94. The van der Waals surface area contributed by atoms with Crippen molar-refractivity contribution < 1.29 is 4.79 Å². The van der Waals surface area contributed by atoms with Crippen molar-refractivity contribution in [3.63, 3.8) is 0 Å². The highest BCUT2D eigenvalue weighted by atomic mass is 32.1. The Morgan fingerprint density at radius 2 is 1.93 bits per heavy atom. The second-order valence-electron chi connectivity index (χ2n) is 6.21. The summed E-state index contributed by atoms with van der Waals surface area (Å²) in [5.41, 5.74) is 1.75. The fourth-order valence-electron chi connectivity index (χ4n) is 2.70. The lowest BCUT2D eigenvalue weighted by molar-refractivity contribution is 0.0958. The van der Waals surface area contributed by atoms with E-state index < -0.39 is 0 Å². The zero-order valence-corrected chi connectivity index (χ0v) is 16.6. The maximum atomic E-state index is 12.5. The summed E-state index contributed by atoms with van der Waals surface area (Å²) < 4.78 is 1.64. The van der Waals surface area contributed by atoms with Gasteiger partial charge in [-0.2, -0.15) is 5.10 Å². The molecule has 0 aliphatic rings. The first-order valence-electron chi connectivity index (χ1n) is 9.09. The summed E-state index contributed by atoms with van der Waals surface area (Å²) in [6.07, 6.45) is 3.49. The number of anilines is 1. The van der Waals surface area contributed by atoms with Gasteiger partial charge in [-0.25, -0.2) is 9.67 Å². The van der Waals surface area contributed by atoms with Crippen LogP contribution in [0, 0.1) is 6.92 Å². The number of thiazole rings is 1. The molecular formula is C20H19N7OS. The quantitative estimate of drug-likeness (QED) is 0.459. The number of carbonyl (C=O) groups is 1. The average molecular weight is 405 g/mol. The van der Waals surface area contributed by atoms with Gasteiger partial charge in [-0.1, -0.05) is 30.3 Å². The summed E-state index contributed by atoms with van der Waals surface area (Å²) in [4.78, 5) is 17.6. The fourth-order valence-corrected chi connectivity index (χ4v) is 3.69. The SMILES string of the molecule is Cc1nc(-c2ccccc2)sc1C(=O)NCCNc1ccc(-n2cccn2)nn1. The second kappa shape index (κ2) is 8.61. The molecule has 0 saturated heterocycles. The molecule has 0 saturated carbocycles. The van der Waals surface area contributed by atoms with Crippen LogP contribution in [-0.4, -0.2) is 44.0 Å². The number of nitrogens with zero attached hydrogens (tertiary/aromatic N) is 5. The van der Waals surface area contributed by atoms with Crippen LogP contribution in [0.3, 0.4) is 0 Å². The van der Waals surface area contributed by atoms with Crippen molar-refractivity contribution in [3.8, 4) is 16.4 Å². The zero-order valence-electron chi connectivity index (χ0n) is 15.7. The van der Waals surface area contributed by atoms with Crippen LogP contribution in [0.4, 0.5) is 5.82 Å². The fraction of sp³-hybridized carbons (Fsp3) is 0.150. The normalized spacial score (nSPS) is 10.7. The number of rotatable bonds is 7. The molecule has 9 heteroatoms. The number of aromatic nitrogens is 5. The number of hydrogen-bond donors (Lipinski definition) is 2. The number of carbonyl (C=O) groups excluding carboxylic acids is 1. The van der Waals surface area contributed by atoms with Crippen LogP contribution in [-0.2, 0) is 0 Å². The molecule has 0 atom stereocenters. The third kappa shape index (κ3) is 4.46. The molecule has 0 aliphatic carbocycles. The molecule has 0 spiro atoms. The van der Waals surface area contributed by atoms with Gasteiger partial charge in [0.05, 0.1) is 5.69 Å². The van der Waals surface area contributed by atoms with Crippen molar-refractivity contribution in [2.75, 3.05) is 18.4 Å². The van der Waals surface area contributed by atoms with E-state index in [-0.39, 0.29) is 5.91 Å². The molecule has 0 unspecified atom stereocenters. The van der Waals surface area contributed by atoms with Crippen LogP contribution in [0.1, 0.15) is 15.4 Å². The van der Waals surface area contributed by atoms with Gasteiger partial charge in [0.25, 0.3) is 5.91 Å². The van der Waals surface area contributed by atoms with Crippen LogP contribution in [0.2, 0.25) is 0 Å². The Balaban J connectivity index is 1.29. The Hall–Kier alpha value is -3.59. The number of hydrogen-bond acceptors (Lipinski definition) is 7. The highest BCUT2D eigenvalue weighted by Crippen LogP contribution is 2.27. The minimum absolute atomic E-state index is 0.121. The van der Waals surface area contributed by atoms with Crippen LogP contribution < -0.4 is 10.6 Å². The summed E-state index contributed by atoms with van der Waals surface area (Å²) in [6, 6.07) is 15.3. The first kappa shape index (κ1) is 18.8. The third-order valence-corrected chi connectivity index (χ3v) is 5.34. The van der Waals surface area contributed by atoms with Crippen molar-refractivity contribution in [1.29, 1.82) is 0 Å². The van der Waals surface area contributed by atoms with E-state index in [1.807, 2.05) is 55.5 Å². The van der Waals surface area contributed by atoms with Gasteiger partial charge in [-0.05, 0) is 25.1 Å². The van der Waals surface area contributed by atoms with Gasteiger partial charge in [0.15, 0.2) is 5.82 Å². The van der Waals surface area contributed by atoms with E-state index >= 15 is 0 Å². The molecular weight excluding hydrogens is 386 g/mol. The van der Waals surface area contributed by atoms with Gasteiger partial charge in [0, 0.05) is 31.0 Å². The first-order chi connectivity index (χ1) is 14.2. The molecule has 3 heterocycles. The lowest BCUT2D eigenvalue weighted by Gasteiger charge is -2.07. The third-order valence-electron chi connectivity index (χ3n) is 4.13. The van der Waals surface area contributed by atoms with Gasteiger partial charge in [0.1, 0.15) is 15.7 Å². The van der Waals surface area contributed by atoms with Gasteiger partial charge in [-0.3, -0.25) is 4.79 Å². The van der Waals surface area contributed by atoms with Crippen molar-refractivity contribution in [3.05, 3.63) is 71.5 Å². The van der Waals surface area contributed by atoms with E-state index in [1.165, 1.54) is 11.3 Å². The zero-order chi connectivity index (χ0) is 20.1. The van der Waals surface area contributed by atoms with Gasteiger partial charge in [-0.15, -0.1) is 21.5 Å². The van der Waals surface area contributed by atoms with E-state index in [0.29, 0.717) is 29.6 Å². The molecule has 0 fully saturated rings. The van der Waals surface area contributed by atoms with Crippen LogP contribution in [0.15, 0.2) is 60.9 Å². The topological polar surface area (TPSA) is 97.6 Å². The highest BCUT2D eigenvalue weighted by Gasteiger charge is 2.15. The van der Waals surface area contributed by atoms with Crippen LogP contribution in [0.5, 0.6) is 0 Å². The summed E-state index contributed by atoms with van der Waals surface area (Å²) in [6.45, 7) is 2.84. The van der Waals surface area contributed by atoms with Crippen LogP contribution in [0.25, 0.3) is 16.4 Å². The monoisotopic (exact) mass is 405 g/mol. The number of nitrogens with one attached hydrogen (secondary N) is 2. The summed E-state index contributed by atoms with van der Waals surface area (Å²) in [5.74, 6) is 1.16. The molecule has 0 radical (unpaired) electrons. The Bertz CT molecular complexity index is 1080. The molecule has 0 aliphatic heterocycles. The standard InChI is InChI=1S/C20H19N7OS/c1-14-18(29-20(24-14)15-6-3-2-4-7-15)19(28)22-12-11-21-16-8-9-17(26-25-16)27-13-5-10-23-27/h2-10,13H,11-12H2,1H3,(H,21,25)(H,22,28). The molecule has 1 amide bonds. The lowest BCUT2D eigenvalue weighted by Crippen LogP contribution is -2.28. The summed E-state index contributed by atoms with van der Waals surface area (Å²) in [7, 11) is 0. The maximum Gasteiger partial charge on any atom is 0.263 e. The van der Waals surface area contributed by atoms with Gasteiger partial charge < -0.3 is 10.6 Å². The minimum atomic E-state index is -0.121. The average Bonchev–Trinajstić information content (AvgIpc) is 3.42. The predicted molar refractivity (Wildman–Crippen MR) is 112 cm³/mol. The molecule has 2 N–H and O–H groups in total. The second-order valence-corrected chi connectivity index (χ2v) is 7.21. The van der Waals surface area contributed by atoms with Crippen molar-refractivity contribution >= 4 is 23.1 Å². The molecule has 29 heavy (non-hydrogen) atoms. The van der Waals surface area contributed by atoms with E-state index in [4.69, 9.17) is 0 Å². The molecule has 4 aromatic rings. The number of benzene rings is 1. The Morgan fingerprint density at radius 3 is 2.66 bits per heavy atom. The van der Waals surface area contributed by atoms with E-state index in [1.54, 1.807) is 17.1 Å². The summed E-state index contributed by atoms with van der Waals surface area (Å²) >= 11 is 1.40. The molecule has 3 aromatic heterocycles. The number of aryl methyl sites for hydroxylation is 1. The smallest absolute Gasteiger partial charge is 0.263 e. The maximum absolute atomic E-state index is 12.5. The first-order valence-corrected chi connectivity index (χ1v) is 9.91.